The van der Waals surface area contributed by atoms with Gasteiger partial charge < -0.3 is 16.4 Å². The molecule has 0 aliphatic heterocycles. The Morgan fingerprint density at radius 3 is 2.55 bits per heavy atom. The average Bonchev–Trinajstić information content (AvgIpc) is 2.46. The van der Waals surface area contributed by atoms with E-state index in [9.17, 15) is 9.59 Å². The number of carbonyl (C=O) groups excluding carboxylic acids is 2. The molecule has 0 aromatic heterocycles. The Kier molecular flexibility index (Phi) is 5.70. The topological polar surface area (TPSA) is 84.2 Å². The summed E-state index contributed by atoms with van der Waals surface area (Å²) in [6.45, 7) is 5.74. The van der Waals surface area contributed by atoms with E-state index in [0.717, 1.165) is 12.0 Å². The highest BCUT2D eigenvalue weighted by molar-refractivity contribution is 6.00. The molecular formula is C15H23N3O2. The van der Waals surface area contributed by atoms with E-state index in [4.69, 9.17) is 5.73 Å². The van der Waals surface area contributed by atoms with Crippen molar-refractivity contribution in [3.05, 3.63) is 29.3 Å². The minimum absolute atomic E-state index is 0.109. The average molecular weight is 277 g/mol. The van der Waals surface area contributed by atoms with Gasteiger partial charge in [0.25, 0.3) is 5.91 Å². The van der Waals surface area contributed by atoms with Crippen LogP contribution in [0.5, 0.6) is 0 Å². The number of hydrogen-bond acceptors (Lipinski definition) is 3. The molecule has 2 amide bonds. The highest BCUT2D eigenvalue weighted by atomic mass is 16.2. The fourth-order valence-electron chi connectivity index (χ4n) is 1.88. The zero-order valence-corrected chi connectivity index (χ0v) is 12.5. The van der Waals surface area contributed by atoms with E-state index in [1.54, 1.807) is 32.2 Å². The predicted molar refractivity (Wildman–Crippen MR) is 80.6 cm³/mol. The molecule has 1 aromatic carbocycles. The molecule has 0 fully saturated rings. The van der Waals surface area contributed by atoms with Crippen LogP contribution in [0.15, 0.2) is 18.2 Å². The van der Waals surface area contributed by atoms with Gasteiger partial charge in [-0.1, -0.05) is 26.3 Å². The Morgan fingerprint density at radius 2 is 2.00 bits per heavy atom. The molecule has 20 heavy (non-hydrogen) atoms. The fraction of sp³-hybridized carbons (Fsp3) is 0.467. The molecule has 4 N–H and O–H groups in total. The van der Waals surface area contributed by atoms with Crippen molar-refractivity contribution in [2.24, 2.45) is 11.7 Å². The van der Waals surface area contributed by atoms with E-state index in [2.05, 4.69) is 10.6 Å². The van der Waals surface area contributed by atoms with Gasteiger partial charge in [0.05, 0.1) is 6.04 Å². The lowest BCUT2D eigenvalue weighted by Crippen LogP contribution is -2.40. The smallest absolute Gasteiger partial charge is 0.251 e. The second kappa shape index (κ2) is 7.05. The van der Waals surface area contributed by atoms with Gasteiger partial charge in [0, 0.05) is 18.3 Å². The molecule has 1 rings (SSSR count). The summed E-state index contributed by atoms with van der Waals surface area (Å²) in [7, 11) is 1.58. The van der Waals surface area contributed by atoms with Crippen LogP contribution in [0.1, 0.15) is 36.2 Å². The van der Waals surface area contributed by atoms with E-state index in [0.29, 0.717) is 11.3 Å². The van der Waals surface area contributed by atoms with Gasteiger partial charge in [0.2, 0.25) is 5.91 Å². The minimum atomic E-state index is -0.553. The number of benzene rings is 1. The van der Waals surface area contributed by atoms with Crippen LogP contribution in [-0.2, 0) is 4.79 Å². The van der Waals surface area contributed by atoms with Crippen LogP contribution in [0.2, 0.25) is 0 Å². The first-order valence-electron chi connectivity index (χ1n) is 6.80. The van der Waals surface area contributed by atoms with Crippen molar-refractivity contribution >= 4 is 17.5 Å². The van der Waals surface area contributed by atoms with Gasteiger partial charge in [-0.2, -0.15) is 0 Å². The molecule has 5 heteroatoms. The molecule has 1 unspecified atom stereocenters. The van der Waals surface area contributed by atoms with Crippen molar-refractivity contribution in [2.45, 2.75) is 33.2 Å². The summed E-state index contributed by atoms with van der Waals surface area (Å²) >= 11 is 0. The number of amides is 2. The first kappa shape index (κ1) is 16.2. The number of hydrogen-bond donors (Lipinski definition) is 3. The van der Waals surface area contributed by atoms with Gasteiger partial charge >= 0.3 is 0 Å². The molecule has 1 aromatic rings. The summed E-state index contributed by atoms with van der Waals surface area (Å²) in [5, 5.41) is 5.38. The standard InChI is InChI=1S/C15H23N3O2/c1-5-9(2)13(16)15(20)18-12-8-6-7-11(10(12)3)14(19)17-4/h6-9,13H,5,16H2,1-4H3,(H,17,19)(H,18,20)/t9?,13-/m0/s1. The van der Waals surface area contributed by atoms with Gasteiger partial charge in [-0.25, -0.2) is 0 Å². The number of anilines is 1. The molecule has 0 heterocycles. The van der Waals surface area contributed by atoms with E-state index < -0.39 is 6.04 Å². The van der Waals surface area contributed by atoms with Gasteiger partial charge in [-0.15, -0.1) is 0 Å². The molecular weight excluding hydrogens is 254 g/mol. The van der Waals surface area contributed by atoms with Gasteiger partial charge in [0.1, 0.15) is 0 Å². The van der Waals surface area contributed by atoms with Crippen LogP contribution in [0, 0.1) is 12.8 Å². The number of nitrogens with two attached hydrogens (primary N) is 1. The number of rotatable bonds is 5. The quantitative estimate of drug-likeness (QED) is 0.765. The first-order valence-corrected chi connectivity index (χ1v) is 6.80. The van der Waals surface area contributed by atoms with Crippen LogP contribution in [0.3, 0.4) is 0 Å². The van der Waals surface area contributed by atoms with Crippen LogP contribution in [-0.4, -0.2) is 24.9 Å². The normalized spacial score (nSPS) is 13.4. The van der Waals surface area contributed by atoms with Crippen LogP contribution >= 0.6 is 0 Å². The van der Waals surface area contributed by atoms with Crippen molar-refractivity contribution in [2.75, 3.05) is 12.4 Å². The molecule has 0 spiro atoms. The third-order valence-electron chi connectivity index (χ3n) is 3.62. The summed E-state index contributed by atoms with van der Waals surface area (Å²) in [5.74, 6) is -0.293. The largest absolute Gasteiger partial charge is 0.355 e. The van der Waals surface area contributed by atoms with Crippen molar-refractivity contribution in [3.63, 3.8) is 0 Å². The first-order chi connectivity index (χ1) is 9.42. The molecule has 0 aliphatic carbocycles. The summed E-state index contributed by atoms with van der Waals surface area (Å²) in [6.07, 6.45) is 0.839. The molecule has 0 bridgehead atoms. The van der Waals surface area contributed by atoms with Crippen molar-refractivity contribution in [1.29, 1.82) is 0 Å². The van der Waals surface area contributed by atoms with E-state index >= 15 is 0 Å². The Labute approximate surface area is 119 Å². The zero-order valence-electron chi connectivity index (χ0n) is 12.5. The highest BCUT2D eigenvalue weighted by Gasteiger charge is 2.20. The third kappa shape index (κ3) is 3.57. The maximum absolute atomic E-state index is 12.1. The maximum atomic E-state index is 12.1. The van der Waals surface area contributed by atoms with E-state index in [1.807, 2.05) is 13.8 Å². The second-order valence-corrected chi connectivity index (χ2v) is 4.96. The molecule has 0 saturated carbocycles. The summed E-state index contributed by atoms with van der Waals surface area (Å²) in [5.41, 5.74) is 7.80. The van der Waals surface area contributed by atoms with Gasteiger partial charge in [0.15, 0.2) is 0 Å². The summed E-state index contributed by atoms with van der Waals surface area (Å²) in [6, 6.07) is 4.67. The van der Waals surface area contributed by atoms with E-state index in [1.165, 1.54) is 0 Å². The Bertz CT molecular complexity index is 500. The molecule has 0 aliphatic rings. The lowest BCUT2D eigenvalue weighted by molar-refractivity contribution is -0.118. The molecule has 5 nitrogen and oxygen atoms in total. The fourth-order valence-corrected chi connectivity index (χ4v) is 1.88. The van der Waals surface area contributed by atoms with Crippen molar-refractivity contribution in [3.8, 4) is 0 Å². The maximum Gasteiger partial charge on any atom is 0.251 e. The van der Waals surface area contributed by atoms with Gasteiger partial charge in [-0.3, -0.25) is 9.59 Å². The Morgan fingerprint density at radius 1 is 1.35 bits per heavy atom. The van der Waals surface area contributed by atoms with Crippen LogP contribution in [0.4, 0.5) is 5.69 Å². The monoisotopic (exact) mass is 277 g/mol. The predicted octanol–water partition coefficient (Wildman–Crippen LogP) is 1.67. The zero-order chi connectivity index (χ0) is 15.3. The summed E-state index contributed by atoms with van der Waals surface area (Å²) < 4.78 is 0. The number of carbonyl (C=O) groups is 2. The molecule has 110 valence electrons. The Balaban J connectivity index is 2.94. The minimum Gasteiger partial charge on any atom is -0.355 e. The van der Waals surface area contributed by atoms with Crippen molar-refractivity contribution < 1.29 is 9.59 Å². The third-order valence-corrected chi connectivity index (χ3v) is 3.62. The lowest BCUT2D eigenvalue weighted by atomic mass is 9.99. The second-order valence-electron chi connectivity index (χ2n) is 4.96. The SMILES string of the molecule is CCC(C)[C@H](N)C(=O)Nc1cccc(C(=O)NC)c1C. The summed E-state index contributed by atoms with van der Waals surface area (Å²) in [4.78, 5) is 23.8. The molecule has 0 saturated heterocycles. The molecule has 0 radical (unpaired) electrons. The lowest BCUT2D eigenvalue weighted by Gasteiger charge is -2.19. The number of nitrogens with one attached hydrogen (secondary N) is 2. The molecule has 2 atom stereocenters. The highest BCUT2D eigenvalue weighted by Crippen LogP contribution is 2.19. The van der Waals surface area contributed by atoms with Gasteiger partial charge in [-0.05, 0) is 30.5 Å². The van der Waals surface area contributed by atoms with Crippen LogP contribution < -0.4 is 16.4 Å². The van der Waals surface area contributed by atoms with Crippen molar-refractivity contribution in [1.82, 2.24) is 5.32 Å². The van der Waals surface area contributed by atoms with Crippen LogP contribution in [0.25, 0.3) is 0 Å². The van der Waals surface area contributed by atoms with E-state index in [-0.39, 0.29) is 17.7 Å². The Hall–Kier alpha value is -1.88.